The maximum atomic E-state index is 13.1. The number of hydrogen-bond acceptors (Lipinski definition) is 5. The fourth-order valence-electron chi connectivity index (χ4n) is 2.94. The van der Waals surface area contributed by atoms with Crippen LogP contribution in [0, 0.1) is 0 Å². The van der Waals surface area contributed by atoms with E-state index in [2.05, 4.69) is 15.3 Å². The summed E-state index contributed by atoms with van der Waals surface area (Å²) < 4.78 is 27.4. The zero-order valence-electron chi connectivity index (χ0n) is 14.5. The van der Waals surface area contributed by atoms with Gasteiger partial charge in [0, 0.05) is 0 Å². The normalized spacial score (nSPS) is 12.3. The zero-order valence-corrected chi connectivity index (χ0v) is 16.0. The lowest BCUT2D eigenvalue weighted by molar-refractivity contribution is 0.592. The molecule has 0 bridgehead atoms. The third-order valence-electron chi connectivity index (χ3n) is 4.41. The minimum absolute atomic E-state index is 0.0782. The number of para-hydroxylation sites is 1. The van der Waals surface area contributed by atoms with Gasteiger partial charge in [0.15, 0.2) is 5.65 Å². The van der Waals surface area contributed by atoms with Gasteiger partial charge in [0.2, 0.25) is 14.9 Å². The van der Waals surface area contributed by atoms with Gasteiger partial charge in [0.05, 0.1) is 20.8 Å². The number of fused-ring (bicyclic) bond motifs is 3. The maximum Gasteiger partial charge on any atom is 0.281 e. The van der Waals surface area contributed by atoms with E-state index in [0.717, 1.165) is 5.56 Å². The summed E-state index contributed by atoms with van der Waals surface area (Å²) in [6, 6.07) is 11.4. The van der Waals surface area contributed by atoms with Crippen LogP contribution in [0.25, 0.3) is 16.6 Å². The van der Waals surface area contributed by atoms with Gasteiger partial charge in [-0.25, -0.2) is 18.1 Å². The Morgan fingerprint density at radius 3 is 2.48 bits per heavy atom. The molecule has 0 saturated carbocycles. The third kappa shape index (κ3) is 2.72. The lowest BCUT2D eigenvalue weighted by Gasteiger charge is -2.07. The van der Waals surface area contributed by atoms with Gasteiger partial charge in [-0.15, -0.1) is 5.10 Å². The molecule has 0 spiro atoms. The van der Waals surface area contributed by atoms with Crippen molar-refractivity contribution >= 4 is 38.0 Å². The van der Waals surface area contributed by atoms with Gasteiger partial charge in [-0.05, 0) is 35.7 Å². The van der Waals surface area contributed by atoms with E-state index in [0.29, 0.717) is 5.52 Å². The number of benzene rings is 2. The van der Waals surface area contributed by atoms with E-state index >= 15 is 0 Å². The highest BCUT2D eigenvalue weighted by Crippen LogP contribution is 2.26. The van der Waals surface area contributed by atoms with Crippen molar-refractivity contribution in [1.29, 1.82) is 0 Å². The molecule has 0 fully saturated rings. The lowest BCUT2D eigenvalue weighted by atomic mass is 10.0. The molecule has 0 aliphatic rings. The van der Waals surface area contributed by atoms with E-state index < -0.39 is 15.4 Å². The summed E-state index contributed by atoms with van der Waals surface area (Å²) in [6.07, 6.45) is 0. The molecular weight excluding hydrogens is 388 g/mol. The minimum Gasteiger partial charge on any atom is -0.267 e. The average Bonchev–Trinajstić information content (AvgIpc) is 3.06. The van der Waals surface area contributed by atoms with E-state index in [9.17, 15) is 13.2 Å². The van der Waals surface area contributed by atoms with Gasteiger partial charge < -0.3 is 0 Å². The molecule has 138 valence electrons. The Hall–Kier alpha value is -2.71. The molecule has 7 nitrogen and oxygen atoms in total. The summed E-state index contributed by atoms with van der Waals surface area (Å²) in [6.45, 7) is 4.05. The molecule has 0 amide bonds. The number of aromatic amines is 1. The molecule has 0 aliphatic heterocycles. The monoisotopic (exact) mass is 402 g/mol. The molecule has 4 aromatic rings. The SMILES string of the molecule is CC(C)c1ccc(S(=O)(=O)c2n[nH]n3c2nc(=O)c2cccc(Cl)c23)cc1. The van der Waals surface area contributed by atoms with Crippen molar-refractivity contribution in [2.45, 2.75) is 29.7 Å². The summed E-state index contributed by atoms with van der Waals surface area (Å²) in [7, 11) is -3.97. The van der Waals surface area contributed by atoms with Crippen LogP contribution in [-0.2, 0) is 9.84 Å². The van der Waals surface area contributed by atoms with Crippen LogP contribution in [0.2, 0.25) is 5.02 Å². The molecule has 0 unspecified atom stereocenters. The minimum atomic E-state index is -3.97. The molecule has 0 radical (unpaired) electrons. The highest BCUT2D eigenvalue weighted by Gasteiger charge is 2.26. The van der Waals surface area contributed by atoms with Crippen LogP contribution in [0.3, 0.4) is 0 Å². The van der Waals surface area contributed by atoms with Crippen molar-refractivity contribution in [3.63, 3.8) is 0 Å². The number of halogens is 1. The predicted molar refractivity (Wildman–Crippen MR) is 102 cm³/mol. The molecule has 1 N–H and O–H groups in total. The molecular formula is C18H15ClN4O3S. The van der Waals surface area contributed by atoms with Crippen LogP contribution in [0.15, 0.2) is 57.2 Å². The zero-order chi connectivity index (χ0) is 19.3. The molecule has 27 heavy (non-hydrogen) atoms. The second-order valence-electron chi connectivity index (χ2n) is 6.46. The number of nitrogens with zero attached hydrogens (tertiary/aromatic N) is 3. The summed E-state index contributed by atoms with van der Waals surface area (Å²) >= 11 is 6.21. The fourth-order valence-corrected chi connectivity index (χ4v) is 4.45. The Kier molecular flexibility index (Phi) is 4.05. The Bertz CT molecular complexity index is 1340. The predicted octanol–water partition coefficient (Wildman–Crippen LogP) is 3.18. The van der Waals surface area contributed by atoms with Crippen LogP contribution < -0.4 is 5.56 Å². The summed E-state index contributed by atoms with van der Waals surface area (Å²) in [5.74, 6) is 0.279. The first-order chi connectivity index (χ1) is 12.8. The quantitative estimate of drug-likeness (QED) is 0.567. The van der Waals surface area contributed by atoms with Crippen molar-refractivity contribution in [3.05, 3.63) is 63.4 Å². The van der Waals surface area contributed by atoms with Gasteiger partial charge in [0.25, 0.3) is 5.56 Å². The van der Waals surface area contributed by atoms with E-state index in [4.69, 9.17) is 11.6 Å². The van der Waals surface area contributed by atoms with E-state index in [1.807, 2.05) is 13.8 Å². The van der Waals surface area contributed by atoms with Crippen LogP contribution in [0.4, 0.5) is 0 Å². The van der Waals surface area contributed by atoms with Crippen molar-refractivity contribution in [3.8, 4) is 0 Å². The van der Waals surface area contributed by atoms with E-state index in [-0.39, 0.29) is 31.9 Å². The molecule has 2 aromatic carbocycles. The Labute approximate surface area is 159 Å². The number of sulfone groups is 1. The summed E-state index contributed by atoms with van der Waals surface area (Å²) in [5.41, 5.74) is 0.695. The maximum absolute atomic E-state index is 13.1. The number of nitrogens with one attached hydrogen (secondary N) is 1. The van der Waals surface area contributed by atoms with Crippen molar-refractivity contribution in [1.82, 2.24) is 19.8 Å². The Morgan fingerprint density at radius 2 is 1.81 bits per heavy atom. The van der Waals surface area contributed by atoms with Gasteiger partial charge in [-0.3, -0.25) is 4.79 Å². The molecule has 9 heteroatoms. The molecule has 0 atom stereocenters. The summed E-state index contributed by atoms with van der Waals surface area (Å²) in [4.78, 5) is 16.4. The van der Waals surface area contributed by atoms with Crippen LogP contribution in [-0.4, -0.2) is 28.2 Å². The first-order valence-electron chi connectivity index (χ1n) is 8.21. The van der Waals surface area contributed by atoms with Gasteiger partial charge >= 0.3 is 0 Å². The average molecular weight is 403 g/mol. The molecule has 4 rings (SSSR count). The molecule has 2 aromatic heterocycles. The Morgan fingerprint density at radius 1 is 1.11 bits per heavy atom. The van der Waals surface area contributed by atoms with E-state index in [1.54, 1.807) is 30.3 Å². The highest BCUT2D eigenvalue weighted by molar-refractivity contribution is 7.91. The van der Waals surface area contributed by atoms with Crippen LogP contribution in [0.1, 0.15) is 25.3 Å². The highest BCUT2D eigenvalue weighted by atomic mass is 35.5. The van der Waals surface area contributed by atoms with Crippen LogP contribution >= 0.6 is 11.6 Å². The topological polar surface area (TPSA) is 97.2 Å². The number of aromatic nitrogens is 4. The van der Waals surface area contributed by atoms with Gasteiger partial charge in [0.1, 0.15) is 0 Å². The smallest absolute Gasteiger partial charge is 0.267 e. The fraction of sp³-hybridized carbons (Fsp3) is 0.167. The van der Waals surface area contributed by atoms with Crippen molar-refractivity contribution in [2.24, 2.45) is 0 Å². The number of rotatable bonds is 3. The lowest BCUT2D eigenvalue weighted by Crippen LogP contribution is -2.12. The van der Waals surface area contributed by atoms with Gasteiger partial charge in [-0.1, -0.05) is 43.6 Å². The molecule has 2 heterocycles. The van der Waals surface area contributed by atoms with E-state index in [1.165, 1.54) is 16.6 Å². The second-order valence-corrected chi connectivity index (χ2v) is 8.73. The largest absolute Gasteiger partial charge is 0.281 e. The van der Waals surface area contributed by atoms with Crippen molar-refractivity contribution in [2.75, 3.05) is 0 Å². The standard InChI is InChI=1S/C18H15ClN4O3S/c1-10(2)11-6-8-12(9-7-11)27(25,26)18-16-20-17(24)13-4-3-5-14(19)15(13)23(16)22-21-18/h3-10,22H,1-2H3. The second kappa shape index (κ2) is 6.17. The first-order valence-corrected chi connectivity index (χ1v) is 10.1. The Balaban J connectivity index is 1.98. The van der Waals surface area contributed by atoms with Crippen molar-refractivity contribution < 1.29 is 8.42 Å². The molecule has 0 aliphatic carbocycles. The number of hydrogen-bond donors (Lipinski definition) is 1. The molecule has 0 saturated heterocycles. The summed E-state index contributed by atoms with van der Waals surface area (Å²) in [5, 5.41) is 6.77. The van der Waals surface area contributed by atoms with Crippen LogP contribution in [0.5, 0.6) is 0 Å². The number of H-pyrrole nitrogens is 1. The first kappa shape index (κ1) is 17.7. The van der Waals surface area contributed by atoms with Gasteiger partial charge in [-0.2, -0.15) is 4.98 Å². The third-order valence-corrected chi connectivity index (χ3v) is 6.40.